The minimum absolute atomic E-state index is 0.00802. The van der Waals surface area contributed by atoms with E-state index in [4.69, 9.17) is 4.74 Å². The number of aliphatic hydroxyl groups excluding tert-OH is 1. The molecule has 5 heteroatoms. The molecule has 19 heavy (non-hydrogen) atoms. The van der Waals surface area contributed by atoms with Gasteiger partial charge in [0.05, 0.1) is 25.4 Å². The van der Waals surface area contributed by atoms with Gasteiger partial charge in [0.1, 0.15) is 0 Å². The number of carbonyl (C=O) groups is 1. The maximum absolute atomic E-state index is 12.2. The fraction of sp³-hybridized carbons (Fsp3) is 0.500. The fourth-order valence-corrected chi connectivity index (χ4v) is 2.73. The highest BCUT2D eigenvalue weighted by atomic mass is 79.9. The number of ketones is 1. The number of hydrogen-bond donors (Lipinski definition) is 1. The lowest BCUT2D eigenvalue weighted by Crippen LogP contribution is -2.49. The van der Waals surface area contributed by atoms with Crippen molar-refractivity contribution < 1.29 is 14.6 Å². The Kier molecular flexibility index (Phi) is 5.10. The van der Waals surface area contributed by atoms with Gasteiger partial charge in [-0.1, -0.05) is 28.1 Å². The first-order chi connectivity index (χ1) is 9.08. The molecule has 1 aliphatic rings. The van der Waals surface area contributed by atoms with Crippen molar-refractivity contribution in [2.45, 2.75) is 19.1 Å². The number of halogens is 1. The van der Waals surface area contributed by atoms with Gasteiger partial charge in [-0.2, -0.15) is 0 Å². The molecule has 4 nitrogen and oxygen atoms in total. The van der Waals surface area contributed by atoms with E-state index in [-0.39, 0.29) is 24.6 Å². The van der Waals surface area contributed by atoms with Crippen molar-refractivity contribution in [1.82, 2.24) is 4.90 Å². The maximum atomic E-state index is 12.2. The van der Waals surface area contributed by atoms with Gasteiger partial charge in [0.15, 0.2) is 5.78 Å². The summed E-state index contributed by atoms with van der Waals surface area (Å²) in [5.41, 5.74) is 0.703. The molecule has 1 aromatic carbocycles. The zero-order chi connectivity index (χ0) is 13.8. The Bertz CT molecular complexity index is 452. The second kappa shape index (κ2) is 6.61. The molecule has 1 heterocycles. The van der Waals surface area contributed by atoms with E-state index in [1.54, 1.807) is 0 Å². The topological polar surface area (TPSA) is 49.8 Å². The summed E-state index contributed by atoms with van der Waals surface area (Å²) >= 11 is 3.37. The van der Waals surface area contributed by atoms with Gasteiger partial charge in [-0.15, -0.1) is 0 Å². The number of nitrogens with zero attached hydrogens (tertiary/aromatic N) is 1. The summed E-state index contributed by atoms with van der Waals surface area (Å²) < 4.78 is 6.47. The van der Waals surface area contributed by atoms with Crippen molar-refractivity contribution >= 4 is 21.7 Å². The number of ether oxygens (including phenoxy) is 1. The maximum Gasteiger partial charge on any atom is 0.176 e. The lowest BCUT2D eigenvalue weighted by Gasteiger charge is -2.35. The van der Waals surface area contributed by atoms with Crippen LogP contribution in [0.4, 0.5) is 0 Å². The quantitative estimate of drug-likeness (QED) is 0.855. The number of Topliss-reactive ketones (excluding diaryl/α,β-unsaturated/α-hetero) is 1. The van der Waals surface area contributed by atoms with Crippen molar-refractivity contribution in [3.63, 3.8) is 0 Å². The predicted octanol–water partition coefficient (Wildman–Crippen LogP) is 1.71. The zero-order valence-electron chi connectivity index (χ0n) is 10.9. The summed E-state index contributed by atoms with van der Waals surface area (Å²) in [5.74, 6) is 0.0899. The van der Waals surface area contributed by atoms with E-state index in [0.717, 1.165) is 11.0 Å². The third kappa shape index (κ3) is 4.11. The number of carbonyl (C=O) groups excluding carboxylic acids is 1. The van der Waals surface area contributed by atoms with Gasteiger partial charge in [0, 0.05) is 23.1 Å². The van der Waals surface area contributed by atoms with Crippen LogP contribution in [0.1, 0.15) is 17.3 Å². The van der Waals surface area contributed by atoms with Crippen molar-refractivity contribution in [2.24, 2.45) is 0 Å². The lowest BCUT2D eigenvalue weighted by molar-refractivity contribution is -0.0926. The first kappa shape index (κ1) is 14.7. The van der Waals surface area contributed by atoms with Gasteiger partial charge < -0.3 is 9.84 Å². The molecule has 104 valence electrons. The summed E-state index contributed by atoms with van der Waals surface area (Å²) in [6, 6.07) is 7.40. The first-order valence-corrected chi connectivity index (χ1v) is 7.15. The number of hydrogen-bond acceptors (Lipinski definition) is 4. The Morgan fingerprint density at radius 1 is 1.53 bits per heavy atom. The molecule has 1 fully saturated rings. The van der Waals surface area contributed by atoms with Crippen LogP contribution in [0, 0.1) is 0 Å². The van der Waals surface area contributed by atoms with Crippen molar-refractivity contribution in [3.8, 4) is 0 Å². The summed E-state index contributed by atoms with van der Waals surface area (Å²) in [4.78, 5) is 14.2. The predicted molar refractivity (Wildman–Crippen MR) is 76.3 cm³/mol. The minimum atomic E-state index is -0.195. The molecule has 2 unspecified atom stereocenters. The number of rotatable bonds is 4. The largest absolute Gasteiger partial charge is 0.394 e. The van der Waals surface area contributed by atoms with Crippen LogP contribution < -0.4 is 0 Å². The number of benzene rings is 1. The van der Waals surface area contributed by atoms with E-state index in [9.17, 15) is 9.90 Å². The Labute approximate surface area is 121 Å². The second-order valence-corrected chi connectivity index (χ2v) is 5.79. The van der Waals surface area contributed by atoms with Crippen LogP contribution in [-0.2, 0) is 4.74 Å². The Balaban J connectivity index is 1.98. The molecule has 1 saturated heterocycles. The molecular weight excluding hydrogens is 310 g/mol. The van der Waals surface area contributed by atoms with Crippen molar-refractivity contribution in [1.29, 1.82) is 0 Å². The highest BCUT2D eigenvalue weighted by molar-refractivity contribution is 9.10. The van der Waals surface area contributed by atoms with Gasteiger partial charge in [-0.25, -0.2) is 0 Å². The molecule has 0 spiro atoms. The third-order valence-corrected chi connectivity index (χ3v) is 3.61. The number of morpholine rings is 1. The third-order valence-electron chi connectivity index (χ3n) is 3.12. The van der Waals surface area contributed by atoms with Gasteiger partial charge >= 0.3 is 0 Å². The van der Waals surface area contributed by atoms with Gasteiger partial charge in [-0.3, -0.25) is 9.69 Å². The van der Waals surface area contributed by atoms with Crippen LogP contribution in [0.5, 0.6) is 0 Å². The molecule has 1 aromatic rings. The monoisotopic (exact) mass is 327 g/mol. The minimum Gasteiger partial charge on any atom is -0.394 e. The van der Waals surface area contributed by atoms with E-state index in [1.807, 2.05) is 36.1 Å². The molecule has 0 radical (unpaired) electrons. The highest BCUT2D eigenvalue weighted by Gasteiger charge is 2.26. The van der Waals surface area contributed by atoms with E-state index in [2.05, 4.69) is 15.9 Å². The fourth-order valence-electron chi connectivity index (χ4n) is 2.33. The van der Waals surface area contributed by atoms with E-state index in [0.29, 0.717) is 18.7 Å². The van der Waals surface area contributed by atoms with Crippen molar-refractivity contribution in [3.05, 3.63) is 34.3 Å². The molecule has 0 amide bonds. The van der Waals surface area contributed by atoms with Crippen LogP contribution in [0.3, 0.4) is 0 Å². The second-order valence-electron chi connectivity index (χ2n) is 4.88. The molecule has 2 rings (SSSR count). The molecule has 0 aliphatic carbocycles. The normalized spacial score (nSPS) is 24.4. The van der Waals surface area contributed by atoms with Crippen LogP contribution in [0.25, 0.3) is 0 Å². The van der Waals surface area contributed by atoms with Gasteiger partial charge in [0.25, 0.3) is 0 Å². The average Bonchev–Trinajstić information content (AvgIpc) is 2.38. The first-order valence-electron chi connectivity index (χ1n) is 6.36. The SMILES string of the molecule is CC1CN(CC(=O)c2cccc(Br)c2)CC(CO)O1. The van der Waals surface area contributed by atoms with Crippen LogP contribution in [0.15, 0.2) is 28.7 Å². The van der Waals surface area contributed by atoms with Gasteiger partial charge in [-0.05, 0) is 19.1 Å². The standard InChI is InChI=1S/C14H18BrNO3/c1-10-6-16(7-13(9-17)19-10)8-14(18)11-3-2-4-12(15)5-11/h2-5,10,13,17H,6-9H2,1H3. The molecule has 0 aromatic heterocycles. The number of aliphatic hydroxyl groups is 1. The summed E-state index contributed by atoms with van der Waals surface area (Å²) in [6.07, 6.45) is -0.153. The zero-order valence-corrected chi connectivity index (χ0v) is 12.5. The summed E-state index contributed by atoms with van der Waals surface area (Å²) in [5, 5.41) is 9.17. The Morgan fingerprint density at radius 3 is 3.00 bits per heavy atom. The summed E-state index contributed by atoms with van der Waals surface area (Å²) in [7, 11) is 0. The highest BCUT2D eigenvalue weighted by Crippen LogP contribution is 2.15. The van der Waals surface area contributed by atoms with E-state index >= 15 is 0 Å². The van der Waals surface area contributed by atoms with Crippen LogP contribution in [0.2, 0.25) is 0 Å². The molecule has 1 aliphatic heterocycles. The van der Waals surface area contributed by atoms with Crippen molar-refractivity contribution in [2.75, 3.05) is 26.2 Å². The average molecular weight is 328 g/mol. The lowest BCUT2D eigenvalue weighted by atomic mass is 10.1. The molecular formula is C14H18BrNO3. The molecule has 2 atom stereocenters. The van der Waals surface area contributed by atoms with E-state index in [1.165, 1.54) is 0 Å². The van der Waals surface area contributed by atoms with Gasteiger partial charge in [0.2, 0.25) is 0 Å². The summed E-state index contributed by atoms with van der Waals surface area (Å²) in [6.45, 7) is 3.63. The Hall–Kier alpha value is -0.750. The molecule has 1 N–H and O–H groups in total. The van der Waals surface area contributed by atoms with Crippen LogP contribution >= 0.6 is 15.9 Å². The molecule has 0 bridgehead atoms. The van der Waals surface area contributed by atoms with E-state index < -0.39 is 0 Å². The van der Waals surface area contributed by atoms with Crippen LogP contribution in [-0.4, -0.2) is 54.2 Å². The molecule has 0 saturated carbocycles. The Morgan fingerprint density at radius 2 is 2.32 bits per heavy atom. The smallest absolute Gasteiger partial charge is 0.176 e.